The van der Waals surface area contributed by atoms with Gasteiger partial charge in [0.15, 0.2) is 0 Å². The van der Waals surface area contributed by atoms with E-state index >= 15 is 0 Å². The molecule has 1 N–H and O–H groups in total. The quantitative estimate of drug-likeness (QED) is 0.882. The maximum absolute atomic E-state index is 12.7. The van der Waals surface area contributed by atoms with Crippen molar-refractivity contribution in [1.82, 2.24) is 4.90 Å². The molecule has 4 nitrogen and oxygen atoms in total. The van der Waals surface area contributed by atoms with Gasteiger partial charge in [-0.2, -0.15) is 13.2 Å². The Morgan fingerprint density at radius 2 is 1.52 bits per heavy atom. The number of halogens is 3. The molecule has 0 aliphatic carbocycles. The van der Waals surface area contributed by atoms with E-state index in [0.29, 0.717) is 11.1 Å². The van der Waals surface area contributed by atoms with Crippen molar-refractivity contribution in [3.8, 4) is 0 Å². The standard InChI is InChI=1S/C16H11F3N2O2/c17-16(18,19)10-4-3-5-11(8-10)20-9-21-14(22)12-6-1-2-7-13(12)15(21)23/h1-8,20H,9H2. The average molecular weight is 320 g/mol. The number of alkyl halides is 3. The van der Waals surface area contributed by atoms with Crippen LogP contribution in [0.1, 0.15) is 26.3 Å². The number of rotatable bonds is 3. The van der Waals surface area contributed by atoms with Crippen molar-refractivity contribution in [3.63, 3.8) is 0 Å². The van der Waals surface area contributed by atoms with Gasteiger partial charge in [0.1, 0.15) is 0 Å². The molecule has 0 radical (unpaired) electrons. The van der Waals surface area contributed by atoms with E-state index in [1.807, 2.05) is 0 Å². The zero-order chi connectivity index (χ0) is 16.6. The lowest BCUT2D eigenvalue weighted by Gasteiger charge is -2.16. The van der Waals surface area contributed by atoms with Crippen LogP contribution in [0.5, 0.6) is 0 Å². The van der Waals surface area contributed by atoms with E-state index in [0.717, 1.165) is 17.0 Å². The lowest BCUT2D eigenvalue weighted by molar-refractivity contribution is -0.137. The summed E-state index contributed by atoms with van der Waals surface area (Å²) in [6, 6.07) is 11.0. The molecule has 0 bridgehead atoms. The summed E-state index contributed by atoms with van der Waals surface area (Å²) < 4.78 is 38.0. The van der Waals surface area contributed by atoms with Crippen LogP contribution in [-0.2, 0) is 6.18 Å². The number of carbonyl (C=O) groups excluding carboxylic acids is 2. The monoisotopic (exact) mass is 320 g/mol. The molecule has 23 heavy (non-hydrogen) atoms. The molecule has 0 atom stereocenters. The molecule has 0 aromatic heterocycles. The number of benzene rings is 2. The summed E-state index contributed by atoms with van der Waals surface area (Å²) in [6.07, 6.45) is -4.45. The van der Waals surface area contributed by atoms with Crippen LogP contribution in [-0.4, -0.2) is 23.4 Å². The van der Waals surface area contributed by atoms with Gasteiger partial charge in [0.05, 0.1) is 23.4 Å². The van der Waals surface area contributed by atoms with Crippen LogP contribution in [0.25, 0.3) is 0 Å². The van der Waals surface area contributed by atoms with E-state index in [4.69, 9.17) is 0 Å². The lowest BCUT2D eigenvalue weighted by Crippen LogP contribution is -2.34. The average Bonchev–Trinajstić information content (AvgIpc) is 2.77. The van der Waals surface area contributed by atoms with Crippen LogP contribution < -0.4 is 5.32 Å². The van der Waals surface area contributed by atoms with Gasteiger partial charge in [-0.05, 0) is 30.3 Å². The van der Waals surface area contributed by atoms with Crippen molar-refractivity contribution in [3.05, 3.63) is 65.2 Å². The third kappa shape index (κ3) is 2.77. The highest BCUT2D eigenvalue weighted by Gasteiger charge is 2.35. The van der Waals surface area contributed by atoms with Crippen LogP contribution in [0.4, 0.5) is 18.9 Å². The molecule has 2 aromatic rings. The van der Waals surface area contributed by atoms with Crippen LogP contribution in [0.3, 0.4) is 0 Å². The fourth-order valence-electron chi connectivity index (χ4n) is 2.36. The molecular formula is C16H11F3N2O2. The Bertz CT molecular complexity index is 752. The predicted molar refractivity (Wildman–Crippen MR) is 76.9 cm³/mol. The third-order valence-corrected chi connectivity index (χ3v) is 3.51. The second-order valence-electron chi connectivity index (χ2n) is 5.00. The highest BCUT2D eigenvalue weighted by atomic mass is 19.4. The highest BCUT2D eigenvalue weighted by Crippen LogP contribution is 2.30. The number of nitrogens with one attached hydrogen (secondary N) is 1. The Morgan fingerprint density at radius 1 is 0.913 bits per heavy atom. The minimum Gasteiger partial charge on any atom is -0.367 e. The summed E-state index contributed by atoms with van der Waals surface area (Å²) in [7, 11) is 0. The van der Waals surface area contributed by atoms with Gasteiger partial charge in [0.2, 0.25) is 0 Å². The number of fused-ring (bicyclic) bond motifs is 1. The Balaban J connectivity index is 1.75. The van der Waals surface area contributed by atoms with E-state index < -0.39 is 23.6 Å². The van der Waals surface area contributed by atoms with Crippen LogP contribution in [0.2, 0.25) is 0 Å². The van der Waals surface area contributed by atoms with Gasteiger partial charge in [0.25, 0.3) is 11.8 Å². The van der Waals surface area contributed by atoms with Crippen molar-refractivity contribution in [2.45, 2.75) is 6.18 Å². The fraction of sp³-hybridized carbons (Fsp3) is 0.125. The number of amides is 2. The first-order chi connectivity index (χ1) is 10.9. The molecule has 3 rings (SSSR count). The summed E-state index contributed by atoms with van der Waals surface area (Å²) in [5.74, 6) is -0.935. The molecule has 2 aromatic carbocycles. The van der Waals surface area contributed by atoms with Gasteiger partial charge >= 0.3 is 6.18 Å². The number of nitrogens with zero attached hydrogens (tertiary/aromatic N) is 1. The molecular weight excluding hydrogens is 309 g/mol. The molecule has 2 amide bonds. The Morgan fingerprint density at radius 3 is 2.09 bits per heavy atom. The summed E-state index contributed by atoms with van der Waals surface area (Å²) in [4.78, 5) is 25.2. The minimum atomic E-state index is -4.45. The van der Waals surface area contributed by atoms with Gasteiger partial charge in [-0.25, -0.2) is 0 Å². The van der Waals surface area contributed by atoms with Crippen molar-refractivity contribution in [2.75, 3.05) is 12.0 Å². The summed E-state index contributed by atoms with van der Waals surface area (Å²) in [5.41, 5.74) is -0.0343. The maximum Gasteiger partial charge on any atom is 0.416 e. The van der Waals surface area contributed by atoms with Crippen molar-refractivity contribution in [2.24, 2.45) is 0 Å². The maximum atomic E-state index is 12.7. The summed E-state index contributed by atoms with van der Waals surface area (Å²) in [5, 5.41) is 2.68. The first kappa shape index (κ1) is 15.1. The molecule has 0 saturated heterocycles. The summed E-state index contributed by atoms with van der Waals surface area (Å²) >= 11 is 0. The molecule has 1 heterocycles. The van der Waals surface area contributed by atoms with Gasteiger partial charge in [0, 0.05) is 5.69 Å². The number of imide groups is 1. The Hall–Kier alpha value is -2.83. The molecule has 0 spiro atoms. The van der Waals surface area contributed by atoms with Gasteiger partial charge < -0.3 is 5.32 Å². The van der Waals surface area contributed by atoms with E-state index in [2.05, 4.69) is 5.32 Å². The second-order valence-corrected chi connectivity index (χ2v) is 5.00. The van der Waals surface area contributed by atoms with Crippen LogP contribution in [0.15, 0.2) is 48.5 Å². The lowest BCUT2D eigenvalue weighted by atomic mass is 10.1. The predicted octanol–water partition coefficient (Wildman–Crippen LogP) is 3.37. The number of hydrogen-bond acceptors (Lipinski definition) is 3. The van der Waals surface area contributed by atoms with Crippen LogP contribution >= 0.6 is 0 Å². The molecule has 0 unspecified atom stereocenters. The largest absolute Gasteiger partial charge is 0.416 e. The SMILES string of the molecule is O=C1c2ccccc2C(=O)N1CNc1cccc(C(F)(F)F)c1. The normalized spacial score (nSPS) is 14.1. The first-order valence-corrected chi connectivity index (χ1v) is 6.74. The van der Waals surface area contributed by atoms with Crippen LogP contribution in [0, 0.1) is 0 Å². The highest BCUT2D eigenvalue weighted by molar-refractivity contribution is 6.21. The number of hydrogen-bond donors (Lipinski definition) is 1. The fourth-order valence-corrected chi connectivity index (χ4v) is 2.36. The topological polar surface area (TPSA) is 49.4 Å². The summed E-state index contributed by atoms with van der Waals surface area (Å²) in [6.45, 7) is -0.201. The van der Waals surface area contributed by atoms with E-state index in [1.54, 1.807) is 24.3 Å². The van der Waals surface area contributed by atoms with Crippen molar-refractivity contribution < 1.29 is 22.8 Å². The number of anilines is 1. The van der Waals surface area contributed by atoms with Gasteiger partial charge in [-0.3, -0.25) is 14.5 Å². The molecule has 0 saturated carbocycles. The first-order valence-electron chi connectivity index (χ1n) is 6.74. The van der Waals surface area contributed by atoms with E-state index in [9.17, 15) is 22.8 Å². The molecule has 1 aliphatic heterocycles. The molecule has 1 aliphatic rings. The molecule has 7 heteroatoms. The second kappa shape index (κ2) is 5.42. The molecule has 0 fully saturated rings. The third-order valence-electron chi connectivity index (χ3n) is 3.51. The van der Waals surface area contributed by atoms with Crippen molar-refractivity contribution in [1.29, 1.82) is 0 Å². The van der Waals surface area contributed by atoms with Crippen molar-refractivity contribution >= 4 is 17.5 Å². The Kier molecular flexibility index (Phi) is 3.55. The number of carbonyl (C=O) groups is 2. The Labute approximate surface area is 129 Å². The smallest absolute Gasteiger partial charge is 0.367 e. The van der Waals surface area contributed by atoms with Gasteiger partial charge in [-0.1, -0.05) is 18.2 Å². The zero-order valence-corrected chi connectivity index (χ0v) is 11.7. The zero-order valence-electron chi connectivity index (χ0n) is 11.7. The van der Waals surface area contributed by atoms with E-state index in [-0.39, 0.29) is 12.4 Å². The minimum absolute atomic E-state index is 0.177. The van der Waals surface area contributed by atoms with Gasteiger partial charge in [-0.15, -0.1) is 0 Å². The van der Waals surface area contributed by atoms with E-state index in [1.165, 1.54) is 12.1 Å². The molecule has 118 valence electrons.